The van der Waals surface area contributed by atoms with E-state index in [2.05, 4.69) is 10.1 Å². The highest BCUT2D eigenvalue weighted by molar-refractivity contribution is 5.30. The molecule has 2 aromatic rings. The Kier molecular flexibility index (Phi) is 2.74. The zero-order chi connectivity index (χ0) is 11.7. The predicted octanol–water partition coefficient (Wildman–Crippen LogP) is 0.102. The lowest BCUT2D eigenvalue weighted by Gasteiger charge is -2.05. The van der Waals surface area contributed by atoms with Crippen molar-refractivity contribution in [1.29, 1.82) is 0 Å². The van der Waals surface area contributed by atoms with Gasteiger partial charge in [-0.3, -0.25) is 9.36 Å². The highest BCUT2D eigenvalue weighted by Crippen LogP contribution is 2.02. The summed E-state index contributed by atoms with van der Waals surface area (Å²) in [5.41, 5.74) is 0.571. The largest absolute Gasteiger partial charge is 0.388 e. The maximum Gasteiger partial charge on any atom is 0.257 e. The molecular formula is C10H14N4O2. The molecule has 0 aliphatic carbocycles. The Morgan fingerprint density at radius 2 is 2.25 bits per heavy atom. The van der Waals surface area contributed by atoms with Gasteiger partial charge in [0.1, 0.15) is 6.61 Å². The summed E-state index contributed by atoms with van der Waals surface area (Å²) in [6.45, 7) is 4.12. The van der Waals surface area contributed by atoms with Crippen LogP contribution in [0.25, 0.3) is 5.78 Å². The summed E-state index contributed by atoms with van der Waals surface area (Å²) in [5, 5.41) is 13.0. The first kappa shape index (κ1) is 10.8. The fraction of sp³-hybridized carbons (Fsp3) is 0.500. The predicted molar refractivity (Wildman–Crippen MR) is 58.2 cm³/mol. The molecule has 0 spiro atoms. The van der Waals surface area contributed by atoms with E-state index in [4.69, 9.17) is 5.11 Å². The Morgan fingerprint density at radius 1 is 1.50 bits per heavy atom. The number of hydrogen-bond acceptors (Lipinski definition) is 4. The lowest BCUT2D eigenvalue weighted by atomic mass is 10.3. The quantitative estimate of drug-likeness (QED) is 0.799. The van der Waals surface area contributed by atoms with Crippen LogP contribution in [0, 0.1) is 6.92 Å². The van der Waals surface area contributed by atoms with E-state index in [1.807, 2.05) is 6.92 Å². The van der Waals surface area contributed by atoms with Crippen LogP contribution >= 0.6 is 0 Å². The molecular weight excluding hydrogens is 208 g/mol. The van der Waals surface area contributed by atoms with Crippen molar-refractivity contribution < 1.29 is 5.11 Å². The van der Waals surface area contributed by atoms with Crippen molar-refractivity contribution in [2.75, 3.05) is 0 Å². The van der Waals surface area contributed by atoms with E-state index >= 15 is 0 Å². The van der Waals surface area contributed by atoms with Gasteiger partial charge in [0.2, 0.25) is 5.78 Å². The lowest BCUT2D eigenvalue weighted by Crippen LogP contribution is -2.24. The number of nitrogens with zero attached hydrogens (tertiary/aromatic N) is 4. The van der Waals surface area contributed by atoms with Crippen LogP contribution in [0.15, 0.2) is 11.0 Å². The molecule has 0 aliphatic heterocycles. The molecule has 6 nitrogen and oxygen atoms in total. The van der Waals surface area contributed by atoms with Gasteiger partial charge in [-0.05, 0) is 13.3 Å². The second-order valence-electron chi connectivity index (χ2n) is 3.70. The third kappa shape index (κ3) is 1.61. The third-order valence-electron chi connectivity index (χ3n) is 2.39. The summed E-state index contributed by atoms with van der Waals surface area (Å²) in [6, 6.07) is 0. The topological polar surface area (TPSA) is 72.4 Å². The molecule has 0 amide bonds. The number of aliphatic hydroxyl groups is 1. The van der Waals surface area contributed by atoms with Crippen molar-refractivity contribution in [3.05, 3.63) is 27.9 Å². The molecule has 0 saturated carbocycles. The second kappa shape index (κ2) is 4.05. The SMILES string of the molecule is CCCn1c(=O)c(C)cn2nc(CO)nc12. The average molecular weight is 222 g/mol. The van der Waals surface area contributed by atoms with E-state index in [-0.39, 0.29) is 12.2 Å². The molecule has 2 heterocycles. The van der Waals surface area contributed by atoms with Crippen molar-refractivity contribution in [3.8, 4) is 0 Å². The summed E-state index contributed by atoms with van der Waals surface area (Å²) in [5.74, 6) is 0.816. The summed E-state index contributed by atoms with van der Waals surface area (Å²) < 4.78 is 3.12. The minimum atomic E-state index is -0.221. The van der Waals surface area contributed by atoms with E-state index in [9.17, 15) is 4.79 Å². The summed E-state index contributed by atoms with van der Waals surface area (Å²) >= 11 is 0. The van der Waals surface area contributed by atoms with Crippen LogP contribution in [0.5, 0.6) is 0 Å². The highest BCUT2D eigenvalue weighted by atomic mass is 16.3. The van der Waals surface area contributed by atoms with Gasteiger partial charge in [-0.15, -0.1) is 5.10 Å². The normalized spacial score (nSPS) is 11.2. The molecule has 0 unspecified atom stereocenters. The van der Waals surface area contributed by atoms with Gasteiger partial charge in [0.15, 0.2) is 5.82 Å². The maximum absolute atomic E-state index is 11.9. The van der Waals surface area contributed by atoms with Crippen molar-refractivity contribution in [2.24, 2.45) is 0 Å². The van der Waals surface area contributed by atoms with Crippen molar-refractivity contribution in [1.82, 2.24) is 19.2 Å². The molecule has 0 atom stereocenters. The average Bonchev–Trinajstić information content (AvgIpc) is 2.67. The van der Waals surface area contributed by atoms with Crippen molar-refractivity contribution >= 4 is 5.78 Å². The molecule has 16 heavy (non-hydrogen) atoms. The van der Waals surface area contributed by atoms with Gasteiger partial charge < -0.3 is 5.11 Å². The molecule has 0 bridgehead atoms. The van der Waals surface area contributed by atoms with E-state index in [0.717, 1.165) is 6.42 Å². The zero-order valence-electron chi connectivity index (χ0n) is 9.34. The van der Waals surface area contributed by atoms with Gasteiger partial charge in [-0.2, -0.15) is 4.98 Å². The van der Waals surface area contributed by atoms with Crippen LogP contribution in [0.2, 0.25) is 0 Å². The fourth-order valence-corrected chi connectivity index (χ4v) is 1.66. The molecule has 6 heteroatoms. The minimum absolute atomic E-state index is 0.0498. The second-order valence-corrected chi connectivity index (χ2v) is 3.70. The molecule has 0 fully saturated rings. The van der Waals surface area contributed by atoms with Gasteiger partial charge in [0.05, 0.1) is 0 Å². The van der Waals surface area contributed by atoms with Crippen LogP contribution in [-0.2, 0) is 13.2 Å². The Labute approximate surface area is 92.2 Å². The first-order chi connectivity index (χ1) is 7.67. The Bertz CT molecular complexity index is 570. The molecule has 2 rings (SSSR count). The van der Waals surface area contributed by atoms with Crippen LogP contribution in [0.3, 0.4) is 0 Å². The first-order valence-corrected chi connectivity index (χ1v) is 5.24. The van der Waals surface area contributed by atoms with E-state index in [1.165, 1.54) is 4.52 Å². The minimum Gasteiger partial charge on any atom is -0.388 e. The van der Waals surface area contributed by atoms with Gasteiger partial charge in [0.25, 0.3) is 5.56 Å². The molecule has 86 valence electrons. The Hall–Kier alpha value is -1.69. The number of rotatable bonds is 3. The summed E-state index contributed by atoms with van der Waals surface area (Å²) in [4.78, 5) is 16.0. The first-order valence-electron chi connectivity index (χ1n) is 5.24. The van der Waals surface area contributed by atoms with Gasteiger partial charge in [-0.1, -0.05) is 6.92 Å². The Balaban J connectivity index is 2.76. The van der Waals surface area contributed by atoms with E-state index < -0.39 is 0 Å². The van der Waals surface area contributed by atoms with Gasteiger partial charge in [-0.25, -0.2) is 4.52 Å². The van der Waals surface area contributed by atoms with E-state index in [0.29, 0.717) is 23.7 Å². The van der Waals surface area contributed by atoms with Crippen LogP contribution in [-0.4, -0.2) is 24.3 Å². The molecule has 0 saturated heterocycles. The Morgan fingerprint density at radius 3 is 2.88 bits per heavy atom. The van der Waals surface area contributed by atoms with Crippen LogP contribution in [0.4, 0.5) is 0 Å². The van der Waals surface area contributed by atoms with Crippen LogP contribution in [0.1, 0.15) is 24.7 Å². The monoisotopic (exact) mass is 222 g/mol. The number of fused-ring (bicyclic) bond motifs is 1. The molecule has 2 aromatic heterocycles. The van der Waals surface area contributed by atoms with E-state index in [1.54, 1.807) is 17.7 Å². The summed E-state index contributed by atoms with van der Waals surface area (Å²) in [6.07, 6.45) is 2.48. The van der Waals surface area contributed by atoms with Crippen molar-refractivity contribution in [2.45, 2.75) is 33.4 Å². The number of hydrogen-bond donors (Lipinski definition) is 1. The standard InChI is InChI=1S/C10H14N4O2/c1-3-4-13-9(16)7(2)5-14-10(13)11-8(6-15)12-14/h5,15H,3-4,6H2,1-2H3. The zero-order valence-corrected chi connectivity index (χ0v) is 9.34. The maximum atomic E-state index is 11.9. The number of aliphatic hydroxyl groups excluding tert-OH is 1. The number of aryl methyl sites for hydroxylation is 2. The van der Waals surface area contributed by atoms with Crippen LogP contribution < -0.4 is 5.56 Å². The fourth-order valence-electron chi connectivity index (χ4n) is 1.66. The smallest absolute Gasteiger partial charge is 0.257 e. The molecule has 0 radical (unpaired) electrons. The highest BCUT2D eigenvalue weighted by Gasteiger charge is 2.10. The lowest BCUT2D eigenvalue weighted by molar-refractivity contribution is 0.271. The van der Waals surface area contributed by atoms with Crippen molar-refractivity contribution in [3.63, 3.8) is 0 Å². The molecule has 0 aliphatic rings. The third-order valence-corrected chi connectivity index (χ3v) is 2.39. The molecule has 1 N–H and O–H groups in total. The van der Waals surface area contributed by atoms with Gasteiger partial charge >= 0.3 is 0 Å². The number of aromatic nitrogens is 4. The van der Waals surface area contributed by atoms with Gasteiger partial charge in [0, 0.05) is 18.3 Å². The summed E-state index contributed by atoms with van der Waals surface area (Å²) in [7, 11) is 0. The molecule has 0 aromatic carbocycles.